The molecule has 0 aliphatic heterocycles. The number of nitrogens with one attached hydrogen (secondary N) is 3. The lowest BCUT2D eigenvalue weighted by atomic mass is 9.98. The summed E-state index contributed by atoms with van der Waals surface area (Å²) in [5.41, 5.74) is 0.900. The van der Waals surface area contributed by atoms with Crippen molar-refractivity contribution >= 4 is 17.9 Å². The van der Waals surface area contributed by atoms with Crippen LogP contribution >= 0.6 is 0 Å². The van der Waals surface area contributed by atoms with Crippen molar-refractivity contribution in [3.05, 3.63) is 42.3 Å². The third-order valence-corrected chi connectivity index (χ3v) is 6.26. The van der Waals surface area contributed by atoms with E-state index in [4.69, 9.17) is 4.74 Å². The first-order chi connectivity index (χ1) is 16.9. The average molecular weight is 489 g/mol. The van der Waals surface area contributed by atoms with Crippen molar-refractivity contribution in [3.63, 3.8) is 0 Å². The van der Waals surface area contributed by atoms with Gasteiger partial charge in [0.25, 0.3) is 0 Å². The van der Waals surface area contributed by atoms with Crippen LogP contribution in [-0.4, -0.2) is 37.0 Å². The minimum absolute atomic E-state index is 0.00236. The lowest BCUT2D eigenvalue weighted by Crippen LogP contribution is -2.50. The van der Waals surface area contributed by atoms with Crippen LogP contribution in [0.4, 0.5) is 4.79 Å². The zero-order chi connectivity index (χ0) is 25.9. The molecule has 0 bridgehead atoms. The Morgan fingerprint density at radius 2 is 1.46 bits per heavy atom. The van der Waals surface area contributed by atoms with Crippen molar-refractivity contribution in [1.82, 2.24) is 16.0 Å². The summed E-state index contributed by atoms with van der Waals surface area (Å²) in [6, 6.07) is 8.84. The summed E-state index contributed by atoms with van der Waals surface area (Å²) in [6.45, 7) is 9.55. The van der Waals surface area contributed by atoms with Crippen LogP contribution in [0.1, 0.15) is 84.6 Å². The number of carbonyl (C=O) groups is 3. The fraction of sp³-hybridized carbons (Fsp3) is 0.643. The maximum absolute atomic E-state index is 12.7. The molecule has 3 N–H and O–H groups in total. The van der Waals surface area contributed by atoms with E-state index >= 15 is 0 Å². The Labute approximate surface area is 212 Å². The summed E-state index contributed by atoms with van der Waals surface area (Å²) in [6.07, 6.45) is 9.14. The van der Waals surface area contributed by atoms with E-state index < -0.39 is 12.1 Å². The number of hydrogen-bond acceptors (Lipinski definition) is 4. The number of rotatable bonds is 18. The van der Waals surface area contributed by atoms with Crippen LogP contribution in [0.2, 0.25) is 0 Å². The molecule has 1 rings (SSSR count). The molecule has 1 aromatic rings. The van der Waals surface area contributed by atoms with Crippen molar-refractivity contribution < 1.29 is 19.1 Å². The smallest absolute Gasteiger partial charge is 0.408 e. The molecule has 0 aliphatic rings. The van der Waals surface area contributed by atoms with Crippen LogP contribution in [0.3, 0.4) is 0 Å². The van der Waals surface area contributed by atoms with Crippen molar-refractivity contribution in [3.8, 4) is 0 Å². The Bertz CT molecular complexity index is 726. The molecule has 3 amide bonds. The number of benzene rings is 1. The topological polar surface area (TPSA) is 96.5 Å². The second kappa shape index (κ2) is 18.7. The molecule has 3 atom stereocenters. The van der Waals surface area contributed by atoms with Gasteiger partial charge in [0.05, 0.1) is 6.42 Å². The summed E-state index contributed by atoms with van der Waals surface area (Å²) in [4.78, 5) is 36.6. The molecule has 0 saturated carbocycles. The van der Waals surface area contributed by atoms with Gasteiger partial charge >= 0.3 is 6.09 Å². The number of carbonyl (C=O) groups excluding carboxylic acids is 3. The monoisotopic (exact) mass is 488 g/mol. The van der Waals surface area contributed by atoms with Gasteiger partial charge in [-0.05, 0) is 30.2 Å². The van der Waals surface area contributed by atoms with Crippen LogP contribution in [0.25, 0.3) is 0 Å². The molecule has 1 radical (unpaired) electrons. The van der Waals surface area contributed by atoms with Gasteiger partial charge in [-0.1, -0.05) is 96.6 Å². The lowest BCUT2D eigenvalue weighted by Gasteiger charge is -2.23. The first kappa shape index (κ1) is 30.5. The molecule has 0 heterocycles. The van der Waals surface area contributed by atoms with Gasteiger partial charge in [0.2, 0.25) is 11.8 Å². The molecular weight excluding hydrogens is 442 g/mol. The Morgan fingerprint density at radius 1 is 0.857 bits per heavy atom. The molecule has 197 valence electrons. The van der Waals surface area contributed by atoms with Crippen molar-refractivity contribution in [2.24, 2.45) is 11.8 Å². The Balaban J connectivity index is 2.17. The van der Waals surface area contributed by atoms with Gasteiger partial charge in [0.15, 0.2) is 0 Å². The van der Waals surface area contributed by atoms with E-state index in [1.807, 2.05) is 51.1 Å². The van der Waals surface area contributed by atoms with Gasteiger partial charge in [-0.3, -0.25) is 9.59 Å². The fourth-order valence-corrected chi connectivity index (χ4v) is 3.52. The Kier molecular flexibility index (Phi) is 16.3. The zero-order valence-electron chi connectivity index (χ0n) is 22.1. The zero-order valence-corrected chi connectivity index (χ0v) is 22.1. The summed E-state index contributed by atoms with van der Waals surface area (Å²) < 4.78 is 5.28. The molecule has 35 heavy (non-hydrogen) atoms. The molecule has 0 aliphatic carbocycles. The molecule has 0 aromatic heterocycles. The maximum Gasteiger partial charge on any atom is 0.408 e. The number of amides is 3. The molecule has 3 unspecified atom stereocenters. The van der Waals surface area contributed by atoms with Crippen molar-refractivity contribution in [2.75, 3.05) is 13.1 Å². The minimum atomic E-state index is -0.615. The third kappa shape index (κ3) is 14.4. The van der Waals surface area contributed by atoms with E-state index in [0.717, 1.165) is 63.5 Å². The molecule has 7 nitrogen and oxygen atoms in total. The van der Waals surface area contributed by atoms with Gasteiger partial charge in [-0.25, -0.2) is 4.79 Å². The predicted molar refractivity (Wildman–Crippen MR) is 140 cm³/mol. The average Bonchev–Trinajstić information content (AvgIpc) is 2.86. The largest absolute Gasteiger partial charge is 0.445 e. The van der Waals surface area contributed by atoms with Crippen molar-refractivity contribution in [1.29, 1.82) is 0 Å². The first-order valence-electron chi connectivity index (χ1n) is 13.2. The highest BCUT2D eigenvalue weighted by Gasteiger charge is 2.26. The first-order valence-corrected chi connectivity index (χ1v) is 13.2. The summed E-state index contributed by atoms with van der Waals surface area (Å²) in [5.74, 6) is 0.188. The second-order valence-corrected chi connectivity index (χ2v) is 9.32. The second-order valence-electron chi connectivity index (χ2n) is 9.32. The number of alkyl carbamates (subject to hydrolysis) is 1. The maximum atomic E-state index is 12.7. The van der Waals surface area contributed by atoms with E-state index in [-0.39, 0.29) is 24.3 Å². The van der Waals surface area contributed by atoms with Crippen LogP contribution in [-0.2, 0) is 20.9 Å². The highest BCUT2D eigenvalue weighted by atomic mass is 16.5. The van der Waals surface area contributed by atoms with Gasteiger partial charge in [-0.2, -0.15) is 0 Å². The highest BCUT2D eigenvalue weighted by Crippen LogP contribution is 2.10. The van der Waals surface area contributed by atoms with E-state index in [9.17, 15) is 14.4 Å². The SMILES string of the molecule is CCC(C)[CH]C(=O)NCCCCCCCCNC(=O)C(NC(=O)OCc1ccccc1)C(C)CC. The number of ether oxygens (including phenoxy) is 1. The van der Waals surface area contributed by atoms with E-state index in [1.165, 1.54) is 0 Å². The molecule has 0 fully saturated rings. The molecular formula is C28H46N3O4. The summed E-state index contributed by atoms with van der Waals surface area (Å²) >= 11 is 0. The molecule has 0 saturated heterocycles. The molecule has 0 spiro atoms. The van der Waals surface area contributed by atoms with Crippen LogP contribution in [0.5, 0.6) is 0 Å². The van der Waals surface area contributed by atoms with E-state index in [1.54, 1.807) is 6.42 Å². The lowest BCUT2D eigenvalue weighted by molar-refractivity contribution is -0.124. The van der Waals surface area contributed by atoms with Crippen LogP contribution in [0, 0.1) is 18.3 Å². The number of unbranched alkanes of at least 4 members (excludes halogenated alkanes) is 5. The minimum Gasteiger partial charge on any atom is -0.445 e. The van der Waals surface area contributed by atoms with E-state index in [2.05, 4.69) is 22.9 Å². The van der Waals surface area contributed by atoms with Gasteiger partial charge in [0.1, 0.15) is 12.6 Å². The van der Waals surface area contributed by atoms with Gasteiger partial charge in [0, 0.05) is 13.1 Å². The van der Waals surface area contributed by atoms with Crippen molar-refractivity contribution in [2.45, 2.75) is 91.7 Å². The standard InChI is InChI=1S/C28H46N3O4/c1-5-22(3)20-25(32)29-18-14-9-7-8-10-15-19-30-27(33)26(23(4)6-2)31-28(34)35-21-24-16-12-11-13-17-24/h11-13,16-17,20,22-23,26H,5-10,14-15,18-19,21H2,1-4H3,(H,29,32)(H,30,33)(H,31,34). The quantitative estimate of drug-likeness (QED) is 0.249. The normalized spacial score (nSPS) is 13.4. The molecule has 7 heteroatoms. The summed E-state index contributed by atoms with van der Waals surface area (Å²) in [5, 5.41) is 8.64. The third-order valence-electron chi connectivity index (χ3n) is 6.26. The molecule has 1 aromatic carbocycles. The Hall–Kier alpha value is -2.57. The van der Waals surface area contributed by atoms with Crippen LogP contribution < -0.4 is 16.0 Å². The Morgan fingerprint density at radius 3 is 2.06 bits per heavy atom. The van der Waals surface area contributed by atoms with E-state index in [0.29, 0.717) is 12.5 Å². The highest BCUT2D eigenvalue weighted by molar-refractivity contribution is 5.86. The van der Waals surface area contributed by atoms with Gasteiger partial charge < -0.3 is 20.7 Å². The summed E-state index contributed by atoms with van der Waals surface area (Å²) in [7, 11) is 0. The fourth-order valence-electron chi connectivity index (χ4n) is 3.52. The van der Waals surface area contributed by atoms with Crippen LogP contribution in [0.15, 0.2) is 30.3 Å². The predicted octanol–water partition coefficient (Wildman–Crippen LogP) is 5.15. The van der Waals surface area contributed by atoms with Gasteiger partial charge in [-0.15, -0.1) is 0 Å². The number of hydrogen-bond donors (Lipinski definition) is 3.